The summed E-state index contributed by atoms with van der Waals surface area (Å²) in [6.45, 7) is 9.43. The van der Waals surface area contributed by atoms with E-state index in [1.165, 1.54) is 0 Å². The molecule has 6 heteroatoms. The monoisotopic (exact) mass is 299 g/mol. The Bertz CT molecular complexity index is 464. The first-order valence-corrected chi connectivity index (χ1v) is 7.10. The smallest absolute Gasteiger partial charge is 0.271 e. The molecule has 1 aromatic heterocycles. The molecule has 0 radical (unpaired) electrons. The first-order valence-electron chi connectivity index (χ1n) is 6.72. The van der Waals surface area contributed by atoms with Gasteiger partial charge in [-0.25, -0.2) is 4.98 Å². The van der Waals surface area contributed by atoms with Crippen molar-refractivity contribution < 1.29 is 9.53 Å². The zero-order valence-electron chi connectivity index (χ0n) is 12.4. The number of rotatable bonds is 7. The third-order valence-corrected chi connectivity index (χ3v) is 2.93. The second-order valence-electron chi connectivity index (χ2n) is 4.93. The summed E-state index contributed by atoms with van der Waals surface area (Å²) in [7, 11) is 0. The number of hydrogen-bond donors (Lipinski definition) is 2. The van der Waals surface area contributed by atoms with Gasteiger partial charge in [0.2, 0.25) is 0 Å². The highest BCUT2D eigenvalue weighted by Gasteiger charge is 2.20. The predicted molar refractivity (Wildman–Crippen MR) is 81.4 cm³/mol. The molecule has 2 N–H and O–H groups in total. The molecule has 0 bridgehead atoms. The van der Waals surface area contributed by atoms with Crippen LogP contribution in [0.15, 0.2) is 12.1 Å². The lowest BCUT2D eigenvalue weighted by Gasteiger charge is -2.24. The Kier molecular flexibility index (Phi) is 6.23. The van der Waals surface area contributed by atoms with Crippen LogP contribution in [0, 0.1) is 0 Å². The van der Waals surface area contributed by atoms with Gasteiger partial charge in [-0.3, -0.25) is 4.79 Å². The fourth-order valence-corrected chi connectivity index (χ4v) is 1.89. The molecule has 0 atom stereocenters. The molecule has 1 heterocycles. The summed E-state index contributed by atoms with van der Waals surface area (Å²) in [6.07, 6.45) is 0. The van der Waals surface area contributed by atoms with Gasteiger partial charge in [0.05, 0.1) is 10.6 Å². The van der Waals surface area contributed by atoms with E-state index in [1.807, 2.05) is 27.7 Å². The van der Waals surface area contributed by atoms with Crippen molar-refractivity contribution in [1.29, 1.82) is 0 Å². The first-order chi connectivity index (χ1) is 9.39. The molecule has 5 nitrogen and oxygen atoms in total. The average molecular weight is 300 g/mol. The number of ether oxygens (including phenoxy) is 1. The standard InChI is InChI=1S/C14H22ClN3O2/c1-5-16-11-8-7-10(15)12(18-11)13(19)17-9-14(3,4)20-6-2/h7-8H,5-6,9H2,1-4H3,(H,16,18)(H,17,19). The molecular formula is C14H22ClN3O2. The molecule has 0 aliphatic carbocycles. The maximum Gasteiger partial charge on any atom is 0.271 e. The van der Waals surface area contributed by atoms with Crippen LogP contribution in [0.4, 0.5) is 5.82 Å². The minimum Gasteiger partial charge on any atom is -0.374 e. The molecule has 0 aliphatic rings. The van der Waals surface area contributed by atoms with Crippen molar-refractivity contribution >= 4 is 23.3 Å². The maximum absolute atomic E-state index is 12.1. The fourth-order valence-electron chi connectivity index (χ4n) is 1.70. The van der Waals surface area contributed by atoms with E-state index < -0.39 is 5.60 Å². The summed E-state index contributed by atoms with van der Waals surface area (Å²) < 4.78 is 5.53. The quantitative estimate of drug-likeness (QED) is 0.812. The van der Waals surface area contributed by atoms with Gasteiger partial charge in [0, 0.05) is 19.7 Å². The van der Waals surface area contributed by atoms with Gasteiger partial charge in [-0.05, 0) is 39.8 Å². The third-order valence-electron chi connectivity index (χ3n) is 2.63. The number of halogens is 1. The number of carbonyl (C=O) groups is 1. The largest absolute Gasteiger partial charge is 0.374 e. The van der Waals surface area contributed by atoms with E-state index in [9.17, 15) is 4.79 Å². The summed E-state index contributed by atoms with van der Waals surface area (Å²) in [6, 6.07) is 3.40. The van der Waals surface area contributed by atoms with Crippen molar-refractivity contribution in [2.45, 2.75) is 33.3 Å². The summed E-state index contributed by atoms with van der Waals surface area (Å²) in [5, 5.41) is 6.18. The van der Waals surface area contributed by atoms with Crippen molar-refractivity contribution in [3.05, 3.63) is 22.8 Å². The minimum atomic E-state index is -0.420. The Balaban J connectivity index is 2.74. The van der Waals surface area contributed by atoms with E-state index in [4.69, 9.17) is 16.3 Å². The molecule has 0 saturated heterocycles. The van der Waals surface area contributed by atoms with Crippen LogP contribution in [0.3, 0.4) is 0 Å². The topological polar surface area (TPSA) is 63.2 Å². The van der Waals surface area contributed by atoms with E-state index in [1.54, 1.807) is 12.1 Å². The summed E-state index contributed by atoms with van der Waals surface area (Å²) >= 11 is 6.02. The van der Waals surface area contributed by atoms with Crippen LogP contribution >= 0.6 is 11.6 Å². The highest BCUT2D eigenvalue weighted by atomic mass is 35.5. The van der Waals surface area contributed by atoms with Crippen molar-refractivity contribution in [1.82, 2.24) is 10.3 Å². The van der Waals surface area contributed by atoms with E-state index in [0.717, 1.165) is 6.54 Å². The van der Waals surface area contributed by atoms with Crippen LogP contribution in [0.5, 0.6) is 0 Å². The van der Waals surface area contributed by atoms with Gasteiger partial charge in [0.1, 0.15) is 11.5 Å². The number of pyridine rings is 1. The van der Waals surface area contributed by atoms with Crippen LogP contribution in [0.25, 0.3) is 0 Å². The molecule has 1 aromatic rings. The van der Waals surface area contributed by atoms with Gasteiger partial charge in [-0.15, -0.1) is 0 Å². The maximum atomic E-state index is 12.1. The van der Waals surface area contributed by atoms with Crippen LogP contribution in [-0.4, -0.2) is 36.2 Å². The predicted octanol–water partition coefficient (Wildman–Crippen LogP) is 2.71. The summed E-state index contributed by atoms with van der Waals surface area (Å²) in [5.41, 5.74) is -0.201. The van der Waals surface area contributed by atoms with E-state index in [2.05, 4.69) is 15.6 Å². The number of hydrogen-bond acceptors (Lipinski definition) is 4. The zero-order chi connectivity index (χ0) is 15.2. The van der Waals surface area contributed by atoms with Gasteiger partial charge >= 0.3 is 0 Å². The van der Waals surface area contributed by atoms with Crippen molar-refractivity contribution in [3.63, 3.8) is 0 Å². The number of amides is 1. The van der Waals surface area contributed by atoms with Gasteiger partial charge in [-0.1, -0.05) is 11.6 Å². The number of carbonyl (C=O) groups excluding carboxylic acids is 1. The summed E-state index contributed by atoms with van der Waals surface area (Å²) in [5.74, 6) is 0.327. The Hall–Kier alpha value is -1.33. The molecule has 0 saturated carbocycles. The van der Waals surface area contributed by atoms with Gasteiger partial charge in [-0.2, -0.15) is 0 Å². The van der Waals surface area contributed by atoms with Crippen LogP contribution < -0.4 is 10.6 Å². The number of anilines is 1. The van der Waals surface area contributed by atoms with Crippen LogP contribution in [0.2, 0.25) is 5.02 Å². The molecule has 0 aromatic carbocycles. The van der Waals surface area contributed by atoms with Crippen molar-refractivity contribution in [2.75, 3.05) is 25.0 Å². The Morgan fingerprint density at radius 3 is 2.70 bits per heavy atom. The molecule has 112 valence electrons. The number of nitrogens with zero attached hydrogens (tertiary/aromatic N) is 1. The van der Waals surface area contributed by atoms with Gasteiger partial charge in [0.15, 0.2) is 0 Å². The molecule has 20 heavy (non-hydrogen) atoms. The fraction of sp³-hybridized carbons (Fsp3) is 0.571. The molecule has 0 unspecified atom stereocenters. The highest BCUT2D eigenvalue weighted by Crippen LogP contribution is 2.17. The first kappa shape index (κ1) is 16.7. The average Bonchev–Trinajstić information content (AvgIpc) is 2.38. The molecule has 0 aliphatic heterocycles. The van der Waals surface area contributed by atoms with Crippen LogP contribution in [0.1, 0.15) is 38.2 Å². The number of aromatic nitrogens is 1. The molecule has 0 fully saturated rings. The van der Waals surface area contributed by atoms with E-state index >= 15 is 0 Å². The second kappa shape index (κ2) is 7.45. The normalized spacial score (nSPS) is 11.2. The van der Waals surface area contributed by atoms with E-state index in [-0.39, 0.29) is 11.6 Å². The number of nitrogens with one attached hydrogen (secondary N) is 2. The SMILES string of the molecule is CCNc1ccc(Cl)c(C(=O)NCC(C)(C)OCC)n1. The van der Waals surface area contributed by atoms with Gasteiger partial charge in [0.25, 0.3) is 5.91 Å². The van der Waals surface area contributed by atoms with Crippen molar-refractivity contribution in [2.24, 2.45) is 0 Å². The van der Waals surface area contributed by atoms with E-state index in [0.29, 0.717) is 24.0 Å². The second-order valence-corrected chi connectivity index (χ2v) is 5.34. The minimum absolute atomic E-state index is 0.220. The van der Waals surface area contributed by atoms with Crippen LogP contribution in [-0.2, 0) is 4.74 Å². The highest BCUT2D eigenvalue weighted by molar-refractivity contribution is 6.33. The summed E-state index contributed by atoms with van der Waals surface area (Å²) in [4.78, 5) is 16.3. The molecule has 0 spiro atoms. The van der Waals surface area contributed by atoms with Crippen molar-refractivity contribution in [3.8, 4) is 0 Å². The lowest BCUT2D eigenvalue weighted by atomic mass is 10.1. The molecule has 1 rings (SSSR count). The zero-order valence-corrected chi connectivity index (χ0v) is 13.2. The van der Waals surface area contributed by atoms with Gasteiger partial charge < -0.3 is 15.4 Å². The third kappa shape index (κ3) is 4.98. The lowest BCUT2D eigenvalue weighted by Crippen LogP contribution is -2.40. The lowest BCUT2D eigenvalue weighted by molar-refractivity contribution is -0.00818. The Morgan fingerprint density at radius 1 is 1.40 bits per heavy atom. The molecular weight excluding hydrogens is 278 g/mol. The Labute approximate surface area is 125 Å². The Morgan fingerprint density at radius 2 is 2.10 bits per heavy atom. The molecule has 1 amide bonds.